The molecule has 2 rings (SSSR count). The van der Waals surface area contributed by atoms with Crippen LogP contribution >= 0.6 is 11.6 Å². The number of halogens is 1. The second-order valence-corrected chi connectivity index (χ2v) is 5.49. The summed E-state index contributed by atoms with van der Waals surface area (Å²) in [6.45, 7) is 4.05. The number of benzene rings is 2. The highest BCUT2D eigenvalue weighted by Crippen LogP contribution is 2.28. The summed E-state index contributed by atoms with van der Waals surface area (Å²) in [6, 6.07) is 12.0. The first-order valence-corrected chi connectivity index (χ1v) is 7.05. The predicted molar refractivity (Wildman–Crippen MR) is 84.6 cm³/mol. The van der Waals surface area contributed by atoms with Crippen molar-refractivity contribution in [3.63, 3.8) is 0 Å². The molecule has 1 unspecified atom stereocenters. The predicted octanol–water partition coefficient (Wildman–Crippen LogP) is 4.21. The van der Waals surface area contributed by atoms with Gasteiger partial charge in [-0.3, -0.25) is 0 Å². The topological polar surface area (TPSA) is 35.2 Å². The molecule has 3 heteroatoms. The lowest BCUT2D eigenvalue weighted by molar-refractivity contribution is 0.408. The Balaban J connectivity index is 2.28. The van der Waals surface area contributed by atoms with Crippen molar-refractivity contribution in [3.05, 3.63) is 63.7 Å². The molecule has 0 bridgehead atoms. The third-order valence-corrected chi connectivity index (χ3v) is 3.99. The quantitative estimate of drug-likeness (QED) is 0.915. The molecule has 2 aromatic carbocycles. The summed E-state index contributed by atoms with van der Waals surface area (Å²) in [6.07, 6.45) is 0.742. The Morgan fingerprint density at radius 2 is 1.85 bits per heavy atom. The summed E-state index contributed by atoms with van der Waals surface area (Å²) in [5, 5.41) is 0.788. The fraction of sp³-hybridized carbons (Fsp3) is 0.294. The average molecular weight is 290 g/mol. The van der Waals surface area contributed by atoms with Crippen molar-refractivity contribution in [3.8, 4) is 5.75 Å². The van der Waals surface area contributed by atoms with Gasteiger partial charge in [0, 0.05) is 11.1 Å². The number of hydrogen-bond acceptors (Lipinski definition) is 2. The summed E-state index contributed by atoms with van der Waals surface area (Å²) >= 11 is 6.14. The molecule has 0 amide bonds. The van der Waals surface area contributed by atoms with E-state index in [4.69, 9.17) is 22.1 Å². The normalized spacial score (nSPS) is 12.2. The monoisotopic (exact) mass is 289 g/mol. The van der Waals surface area contributed by atoms with Crippen LogP contribution in [0, 0.1) is 13.8 Å². The van der Waals surface area contributed by atoms with Gasteiger partial charge < -0.3 is 10.5 Å². The standard InChI is InChI=1S/C17H20ClNO/c1-11-9-15(18)12(2)8-14(11)16(19)10-13-6-4-5-7-17(13)20-3/h4-9,16H,10,19H2,1-3H3. The van der Waals surface area contributed by atoms with Gasteiger partial charge in [0.1, 0.15) is 5.75 Å². The highest BCUT2D eigenvalue weighted by atomic mass is 35.5. The van der Waals surface area contributed by atoms with Crippen LogP contribution in [-0.4, -0.2) is 7.11 Å². The number of ether oxygens (including phenoxy) is 1. The molecule has 0 aromatic heterocycles. The number of methoxy groups -OCH3 is 1. The number of hydrogen-bond donors (Lipinski definition) is 1. The molecule has 2 nitrogen and oxygen atoms in total. The summed E-state index contributed by atoms with van der Waals surface area (Å²) < 4.78 is 5.38. The number of nitrogens with two attached hydrogens (primary N) is 1. The maximum atomic E-state index is 6.37. The van der Waals surface area contributed by atoms with E-state index in [-0.39, 0.29) is 6.04 Å². The van der Waals surface area contributed by atoms with E-state index < -0.39 is 0 Å². The summed E-state index contributed by atoms with van der Waals surface area (Å²) in [5.41, 5.74) is 10.8. The smallest absolute Gasteiger partial charge is 0.122 e. The van der Waals surface area contributed by atoms with Gasteiger partial charge in [0.15, 0.2) is 0 Å². The molecule has 0 spiro atoms. The Morgan fingerprint density at radius 3 is 2.55 bits per heavy atom. The van der Waals surface area contributed by atoms with Crippen molar-refractivity contribution < 1.29 is 4.74 Å². The van der Waals surface area contributed by atoms with Crippen molar-refractivity contribution in [2.75, 3.05) is 7.11 Å². The van der Waals surface area contributed by atoms with Crippen molar-refractivity contribution >= 4 is 11.6 Å². The van der Waals surface area contributed by atoms with E-state index in [1.807, 2.05) is 38.1 Å². The van der Waals surface area contributed by atoms with E-state index in [1.165, 1.54) is 0 Å². The van der Waals surface area contributed by atoms with Crippen molar-refractivity contribution in [1.29, 1.82) is 0 Å². The van der Waals surface area contributed by atoms with Gasteiger partial charge in [0.05, 0.1) is 7.11 Å². The Labute approximate surface area is 125 Å². The summed E-state index contributed by atoms with van der Waals surface area (Å²) in [5.74, 6) is 0.881. The van der Waals surface area contributed by atoms with Crippen molar-refractivity contribution in [2.24, 2.45) is 5.73 Å². The molecule has 1 atom stereocenters. The zero-order chi connectivity index (χ0) is 14.7. The molecule has 2 aromatic rings. The maximum absolute atomic E-state index is 6.37. The molecule has 2 N–H and O–H groups in total. The molecule has 0 fully saturated rings. The Morgan fingerprint density at radius 1 is 1.15 bits per heavy atom. The molecule has 106 valence electrons. The van der Waals surface area contributed by atoms with Gasteiger partial charge in [-0.15, -0.1) is 0 Å². The molecule has 0 saturated heterocycles. The second-order valence-electron chi connectivity index (χ2n) is 5.08. The zero-order valence-corrected chi connectivity index (χ0v) is 12.9. The van der Waals surface area contributed by atoms with Gasteiger partial charge in [-0.1, -0.05) is 35.9 Å². The van der Waals surface area contributed by atoms with Gasteiger partial charge in [-0.25, -0.2) is 0 Å². The van der Waals surface area contributed by atoms with Crippen LogP contribution < -0.4 is 10.5 Å². The third-order valence-electron chi connectivity index (χ3n) is 3.58. The van der Waals surface area contributed by atoms with Crippen LogP contribution in [0.1, 0.15) is 28.3 Å². The minimum Gasteiger partial charge on any atom is -0.496 e. The average Bonchev–Trinajstić information content (AvgIpc) is 2.43. The first-order valence-electron chi connectivity index (χ1n) is 6.67. The second kappa shape index (κ2) is 6.29. The van der Waals surface area contributed by atoms with E-state index in [1.54, 1.807) is 7.11 Å². The van der Waals surface area contributed by atoms with Crippen LogP contribution in [0.5, 0.6) is 5.75 Å². The fourth-order valence-corrected chi connectivity index (χ4v) is 2.64. The van der Waals surface area contributed by atoms with Gasteiger partial charge in [-0.2, -0.15) is 0 Å². The number of rotatable bonds is 4. The van der Waals surface area contributed by atoms with Crippen molar-refractivity contribution in [1.82, 2.24) is 0 Å². The largest absolute Gasteiger partial charge is 0.496 e. The molecule has 20 heavy (non-hydrogen) atoms. The first kappa shape index (κ1) is 14.9. The summed E-state index contributed by atoms with van der Waals surface area (Å²) in [4.78, 5) is 0. The molecular weight excluding hydrogens is 270 g/mol. The molecule has 0 heterocycles. The van der Waals surface area contributed by atoms with Gasteiger partial charge in [0.2, 0.25) is 0 Å². The lowest BCUT2D eigenvalue weighted by atomic mass is 9.94. The highest BCUT2D eigenvalue weighted by molar-refractivity contribution is 6.31. The Bertz CT molecular complexity index is 610. The first-order chi connectivity index (χ1) is 9.52. The van der Waals surface area contributed by atoms with Gasteiger partial charge >= 0.3 is 0 Å². The van der Waals surface area contributed by atoms with Crippen LogP contribution in [0.2, 0.25) is 5.02 Å². The Kier molecular flexibility index (Phi) is 4.69. The molecule has 0 aliphatic rings. The van der Waals surface area contributed by atoms with Crippen LogP contribution in [-0.2, 0) is 6.42 Å². The summed E-state index contributed by atoms with van der Waals surface area (Å²) in [7, 11) is 1.68. The van der Waals surface area contributed by atoms with Crippen LogP contribution in [0.3, 0.4) is 0 Å². The highest BCUT2D eigenvalue weighted by Gasteiger charge is 2.14. The SMILES string of the molecule is COc1ccccc1CC(N)c1cc(C)c(Cl)cc1C. The number of aryl methyl sites for hydroxylation is 2. The molecule has 0 saturated carbocycles. The van der Waals surface area contributed by atoms with E-state index in [9.17, 15) is 0 Å². The lowest BCUT2D eigenvalue weighted by Crippen LogP contribution is -2.15. The minimum absolute atomic E-state index is 0.0673. The zero-order valence-electron chi connectivity index (χ0n) is 12.1. The molecule has 0 radical (unpaired) electrons. The molecule has 0 aliphatic carbocycles. The van der Waals surface area contributed by atoms with E-state index in [0.717, 1.165) is 39.4 Å². The molecular formula is C17H20ClNO. The minimum atomic E-state index is -0.0673. The Hall–Kier alpha value is -1.51. The third kappa shape index (κ3) is 3.14. The van der Waals surface area contributed by atoms with Crippen LogP contribution in [0.4, 0.5) is 0 Å². The van der Waals surface area contributed by atoms with E-state index in [0.29, 0.717) is 0 Å². The lowest BCUT2D eigenvalue weighted by Gasteiger charge is -2.18. The van der Waals surface area contributed by atoms with Crippen LogP contribution in [0.25, 0.3) is 0 Å². The maximum Gasteiger partial charge on any atom is 0.122 e. The van der Waals surface area contributed by atoms with Gasteiger partial charge in [0.25, 0.3) is 0 Å². The van der Waals surface area contributed by atoms with E-state index >= 15 is 0 Å². The van der Waals surface area contributed by atoms with Crippen LogP contribution in [0.15, 0.2) is 36.4 Å². The van der Waals surface area contributed by atoms with Crippen molar-refractivity contribution in [2.45, 2.75) is 26.3 Å². The number of para-hydroxylation sites is 1. The van der Waals surface area contributed by atoms with Gasteiger partial charge in [-0.05, 0) is 54.7 Å². The fourth-order valence-electron chi connectivity index (χ4n) is 2.42. The van der Waals surface area contributed by atoms with E-state index in [2.05, 4.69) is 12.1 Å². The molecule has 0 aliphatic heterocycles.